The third kappa shape index (κ3) is 2.89. The number of likely N-dealkylation sites (tertiary alicyclic amines) is 1. The topological polar surface area (TPSA) is 73.3 Å². The van der Waals surface area contributed by atoms with Crippen molar-refractivity contribution in [1.82, 2.24) is 4.90 Å². The van der Waals surface area contributed by atoms with E-state index in [0.29, 0.717) is 5.92 Å². The minimum Gasteiger partial charge on any atom is -0.393 e. The van der Waals surface area contributed by atoms with E-state index < -0.39 is 0 Å². The second-order valence-electron chi connectivity index (χ2n) is 5.14. The average Bonchev–Trinajstić information content (AvgIpc) is 2.34. The first kappa shape index (κ1) is 13.1. The molecule has 0 aliphatic carbocycles. The molecule has 0 radical (unpaired) electrons. The van der Waals surface area contributed by atoms with Gasteiger partial charge in [-0.15, -0.1) is 0 Å². The number of nitrogen functional groups attached to an aromatic ring is 1. The Hall–Kier alpha value is -1.39. The van der Waals surface area contributed by atoms with Crippen molar-refractivity contribution < 1.29 is 5.11 Å². The minimum absolute atomic E-state index is 0.121. The number of benzene rings is 1. The van der Waals surface area contributed by atoms with Crippen molar-refractivity contribution in [3.63, 3.8) is 0 Å². The van der Waals surface area contributed by atoms with Crippen LogP contribution in [0.3, 0.4) is 0 Å². The molecule has 1 aliphatic rings. The third-order valence-electron chi connectivity index (χ3n) is 3.65. The van der Waals surface area contributed by atoms with E-state index in [2.05, 4.69) is 11.8 Å². The third-order valence-corrected chi connectivity index (χ3v) is 3.65. The Morgan fingerprint density at radius 1 is 1.50 bits per heavy atom. The Bertz CT molecular complexity index is 433. The molecule has 98 valence electrons. The quantitative estimate of drug-likeness (QED) is 0.554. The van der Waals surface area contributed by atoms with Gasteiger partial charge in [0.05, 0.1) is 6.10 Å². The van der Waals surface area contributed by atoms with Crippen molar-refractivity contribution in [1.29, 1.82) is 5.41 Å². The van der Waals surface area contributed by atoms with E-state index in [4.69, 9.17) is 11.1 Å². The number of hydrogen-bond donors (Lipinski definition) is 3. The summed E-state index contributed by atoms with van der Waals surface area (Å²) in [6.07, 6.45) is 0.646. The van der Waals surface area contributed by atoms with Crippen LogP contribution in [0.2, 0.25) is 0 Å². The molecule has 0 bridgehead atoms. The van der Waals surface area contributed by atoms with Crippen LogP contribution in [0.15, 0.2) is 24.3 Å². The molecule has 4 heteroatoms. The van der Waals surface area contributed by atoms with Gasteiger partial charge in [-0.25, -0.2) is 0 Å². The number of nitrogens with one attached hydrogen (secondary N) is 1. The maximum atomic E-state index is 9.72. The largest absolute Gasteiger partial charge is 0.393 e. The fourth-order valence-electron chi connectivity index (χ4n) is 2.53. The SMILES string of the molecule is CC1CN(Cc2ccccc2C(=N)N)CCC1O. The van der Waals surface area contributed by atoms with Crippen LogP contribution in [0.25, 0.3) is 0 Å². The van der Waals surface area contributed by atoms with Gasteiger partial charge < -0.3 is 10.8 Å². The zero-order chi connectivity index (χ0) is 13.1. The molecule has 2 unspecified atom stereocenters. The lowest BCUT2D eigenvalue weighted by molar-refractivity contribution is 0.0320. The summed E-state index contributed by atoms with van der Waals surface area (Å²) in [4.78, 5) is 2.32. The predicted octanol–water partition coefficient (Wildman–Crippen LogP) is 1.17. The maximum Gasteiger partial charge on any atom is 0.123 e. The van der Waals surface area contributed by atoms with E-state index in [1.807, 2.05) is 24.3 Å². The van der Waals surface area contributed by atoms with Gasteiger partial charge in [-0.05, 0) is 17.9 Å². The summed E-state index contributed by atoms with van der Waals surface area (Å²) in [6, 6.07) is 7.79. The minimum atomic E-state index is -0.177. The zero-order valence-electron chi connectivity index (χ0n) is 10.8. The Morgan fingerprint density at radius 2 is 2.22 bits per heavy atom. The van der Waals surface area contributed by atoms with Crippen molar-refractivity contribution in [3.05, 3.63) is 35.4 Å². The number of amidine groups is 1. The molecule has 4 N–H and O–H groups in total. The molecule has 1 aromatic rings. The number of hydrogen-bond acceptors (Lipinski definition) is 3. The second-order valence-corrected chi connectivity index (χ2v) is 5.14. The highest BCUT2D eigenvalue weighted by Crippen LogP contribution is 2.19. The van der Waals surface area contributed by atoms with Gasteiger partial charge in [0.25, 0.3) is 0 Å². The van der Waals surface area contributed by atoms with Gasteiger partial charge in [-0.2, -0.15) is 0 Å². The summed E-state index contributed by atoms with van der Waals surface area (Å²) < 4.78 is 0. The van der Waals surface area contributed by atoms with Crippen molar-refractivity contribution >= 4 is 5.84 Å². The first-order valence-corrected chi connectivity index (χ1v) is 6.40. The summed E-state index contributed by atoms with van der Waals surface area (Å²) in [5.74, 6) is 0.430. The lowest BCUT2D eigenvalue weighted by Crippen LogP contribution is -2.41. The van der Waals surface area contributed by atoms with Crippen LogP contribution in [-0.4, -0.2) is 35.0 Å². The van der Waals surface area contributed by atoms with Gasteiger partial charge in [0.1, 0.15) is 5.84 Å². The molecule has 1 aromatic carbocycles. The van der Waals surface area contributed by atoms with Crippen LogP contribution in [0, 0.1) is 11.3 Å². The zero-order valence-corrected chi connectivity index (χ0v) is 10.8. The number of nitrogens with two attached hydrogens (primary N) is 1. The van der Waals surface area contributed by atoms with E-state index in [9.17, 15) is 5.11 Å². The average molecular weight is 247 g/mol. The molecular weight excluding hydrogens is 226 g/mol. The molecule has 0 spiro atoms. The lowest BCUT2D eigenvalue weighted by Gasteiger charge is -2.34. The molecule has 0 aromatic heterocycles. The molecule has 18 heavy (non-hydrogen) atoms. The number of rotatable bonds is 3. The predicted molar refractivity (Wildman–Crippen MR) is 72.5 cm³/mol. The van der Waals surface area contributed by atoms with E-state index in [-0.39, 0.29) is 11.9 Å². The lowest BCUT2D eigenvalue weighted by atomic mass is 9.96. The highest BCUT2D eigenvalue weighted by molar-refractivity contribution is 5.96. The molecule has 4 nitrogen and oxygen atoms in total. The highest BCUT2D eigenvalue weighted by atomic mass is 16.3. The van der Waals surface area contributed by atoms with E-state index in [1.54, 1.807) is 0 Å². The smallest absolute Gasteiger partial charge is 0.123 e. The maximum absolute atomic E-state index is 9.72. The summed E-state index contributed by atoms with van der Waals surface area (Å²) in [7, 11) is 0. The molecule has 1 aliphatic heterocycles. The van der Waals surface area contributed by atoms with Gasteiger partial charge in [-0.1, -0.05) is 31.2 Å². The monoisotopic (exact) mass is 247 g/mol. The number of nitrogens with zero attached hydrogens (tertiary/aromatic N) is 1. The summed E-state index contributed by atoms with van der Waals surface area (Å²) >= 11 is 0. The molecule has 1 heterocycles. The Balaban J connectivity index is 2.08. The van der Waals surface area contributed by atoms with Crippen molar-refractivity contribution in [3.8, 4) is 0 Å². The van der Waals surface area contributed by atoms with E-state index in [0.717, 1.165) is 37.2 Å². The normalized spacial score (nSPS) is 25.0. The molecule has 1 saturated heterocycles. The second kappa shape index (κ2) is 5.50. The first-order chi connectivity index (χ1) is 8.58. The van der Waals surface area contributed by atoms with Gasteiger partial charge >= 0.3 is 0 Å². The Kier molecular flexibility index (Phi) is 3.99. The van der Waals surface area contributed by atoms with Crippen molar-refractivity contribution in [2.45, 2.75) is 26.0 Å². The molecule has 0 saturated carbocycles. The van der Waals surface area contributed by atoms with E-state index in [1.165, 1.54) is 0 Å². The summed E-state index contributed by atoms with van der Waals surface area (Å²) in [5, 5.41) is 17.3. The molecule has 2 rings (SSSR count). The fourth-order valence-corrected chi connectivity index (χ4v) is 2.53. The van der Waals surface area contributed by atoms with Crippen LogP contribution in [0.1, 0.15) is 24.5 Å². The molecule has 1 fully saturated rings. The van der Waals surface area contributed by atoms with Crippen LogP contribution in [-0.2, 0) is 6.54 Å². The number of aliphatic hydroxyl groups is 1. The first-order valence-electron chi connectivity index (χ1n) is 6.40. The van der Waals surface area contributed by atoms with Crippen molar-refractivity contribution in [2.75, 3.05) is 13.1 Å². The Labute approximate surface area is 108 Å². The highest BCUT2D eigenvalue weighted by Gasteiger charge is 2.24. The van der Waals surface area contributed by atoms with Crippen LogP contribution in [0.4, 0.5) is 0 Å². The standard InChI is InChI=1S/C14H21N3O/c1-10-8-17(7-6-13(10)18)9-11-4-2-3-5-12(11)14(15)16/h2-5,10,13,18H,6-9H2,1H3,(H3,15,16). The number of aliphatic hydroxyl groups excluding tert-OH is 1. The van der Waals surface area contributed by atoms with Crippen molar-refractivity contribution in [2.24, 2.45) is 11.7 Å². The summed E-state index contributed by atoms with van der Waals surface area (Å²) in [6.45, 7) is 4.67. The fraction of sp³-hybridized carbons (Fsp3) is 0.500. The molecule has 2 atom stereocenters. The Morgan fingerprint density at radius 3 is 2.89 bits per heavy atom. The van der Waals surface area contributed by atoms with Gasteiger partial charge in [-0.3, -0.25) is 10.3 Å². The van der Waals surface area contributed by atoms with E-state index >= 15 is 0 Å². The van der Waals surface area contributed by atoms with Crippen LogP contribution >= 0.6 is 0 Å². The molecular formula is C14H21N3O. The van der Waals surface area contributed by atoms with Gasteiger partial charge in [0.15, 0.2) is 0 Å². The van der Waals surface area contributed by atoms with Crippen LogP contribution in [0.5, 0.6) is 0 Å². The molecule has 0 amide bonds. The summed E-state index contributed by atoms with van der Waals surface area (Å²) in [5.41, 5.74) is 7.50. The van der Waals surface area contributed by atoms with Crippen LogP contribution < -0.4 is 5.73 Å². The van der Waals surface area contributed by atoms with Gasteiger partial charge in [0.2, 0.25) is 0 Å². The number of piperidine rings is 1. The van der Waals surface area contributed by atoms with Gasteiger partial charge in [0, 0.05) is 25.2 Å².